The molecule has 2 rings (SSSR count). The fourth-order valence-electron chi connectivity index (χ4n) is 0.815. The van der Waals surface area contributed by atoms with Crippen molar-refractivity contribution in [2.45, 2.75) is 0 Å². The molecule has 2 aromatic heterocycles. The highest BCUT2D eigenvalue weighted by Crippen LogP contribution is 2.12. The van der Waals surface area contributed by atoms with Gasteiger partial charge in [0.1, 0.15) is 5.52 Å². The molecule has 0 fully saturated rings. The van der Waals surface area contributed by atoms with Crippen LogP contribution < -0.4 is 5.56 Å². The predicted octanol–water partition coefficient (Wildman–Crippen LogP) is 0.300. The van der Waals surface area contributed by atoms with Crippen LogP contribution in [0.15, 0.2) is 11.1 Å². The minimum Gasteiger partial charge on any atom is -0.311 e. The fraction of sp³-hybridized carbons (Fsp3) is 0. The average molecular weight is 171 g/mol. The van der Waals surface area contributed by atoms with Crippen molar-refractivity contribution in [3.63, 3.8) is 0 Å². The zero-order valence-corrected chi connectivity index (χ0v) is 6.01. The molecule has 2 heterocycles. The number of aromatic amines is 2. The SMILES string of the molecule is O=c1[nH]cnc2c(Cl)[nH]nc12. The Balaban J connectivity index is 3.06. The molecule has 0 aliphatic heterocycles. The molecule has 0 atom stereocenters. The lowest BCUT2D eigenvalue weighted by Gasteiger charge is -1.82. The van der Waals surface area contributed by atoms with E-state index >= 15 is 0 Å². The molecule has 6 heteroatoms. The molecule has 0 aliphatic carbocycles. The minimum atomic E-state index is -0.293. The van der Waals surface area contributed by atoms with Gasteiger partial charge in [0.15, 0.2) is 10.7 Å². The van der Waals surface area contributed by atoms with Crippen molar-refractivity contribution in [2.75, 3.05) is 0 Å². The third kappa shape index (κ3) is 0.813. The molecule has 0 radical (unpaired) electrons. The maximum atomic E-state index is 11.0. The molecule has 5 nitrogen and oxygen atoms in total. The first-order valence-electron chi connectivity index (χ1n) is 2.86. The lowest BCUT2D eigenvalue weighted by Crippen LogP contribution is -2.05. The summed E-state index contributed by atoms with van der Waals surface area (Å²) in [5.74, 6) is 0. The highest BCUT2D eigenvalue weighted by Gasteiger charge is 2.05. The molecule has 0 aliphatic rings. The van der Waals surface area contributed by atoms with E-state index in [1.54, 1.807) is 0 Å². The standard InChI is InChI=1S/C5H3ClN4O/c6-4-2-3(9-10-4)5(11)8-1-7-2/h1H,(H,9,10)(H,7,8,11). The second-order valence-corrected chi connectivity index (χ2v) is 2.34. The van der Waals surface area contributed by atoms with E-state index < -0.39 is 0 Å². The van der Waals surface area contributed by atoms with E-state index in [-0.39, 0.29) is 16.2 Å². The van der Waals surface area contributed by atoms with E-state index in [2.05, 4.69) is 20.2 Å². The Morgan fingerprint density at radius 3 is 3.00 bits per heavy atom. The quantitative estimate of drug-likeness (QED) is 0.597. The van der Waals surface area contributed by atoms with Gasteiger partial charge in [-0.1, -0.05) is 11.6 Å². The van der Waals surface area contributed by atoms with E-state index in [0.717, 1.165) is 0 Å². The van der Waals surface area contributed by atoms with Gasteiger partial charge in [0.25, 0.3) is 5.56 Å². The fourth-order valence-corrected chi connectivity index (χ4v) is 0.995. The smallest absolute Gasteiger partial charge is 0.279 e. The summed E-state index contributed by atoms with van der Waals surface area (Å²) in [6.07, 6.45) is 1.28. The van der Waals surface area contributed by atoms with Crippen LogP contribution in [0.2, 0.25) is 5.15 Å². The number of hydrogen-bond acceptors (Lipinski definition) is 3. The Labute approximate surface area is 65.4 Å². The van der Waals surface area contributed by atoms with Crippen LogP contribution in [0.3, 0.4) is 0 Å². The first-order valence-corrected chi connectivity index (χ1v) is 3.24. The highest BCUT2D eigenvalue weighted by atomic mass is 35.5. The Morgan fingerprint density at radius 1 is 1.45 bits per heavy atom. The van der Waals surface area contributed by atoms with Gasteiger partial charge in [-0.3, -0.25) is 9.89 Å². The lowest BCUT2D eigenvalue weighted by molar-refractivity contribution is 1.10. The van der Waals surface area contributed by atoms with Crippen LogP contribution in [0.25, 0.3) is 11.0 Å². The van der Waals surface area contributed by atoms with Crippen LogP contribution in [0.1, 0.15) is 0 Å². The topological polar surface area (TPSA) is 74.4 Å². The van der Waals surface area contributed by atoms with Gasteiger partial charge < -0.3 is 4.98 Å². The van der Waals surface area contributed by atoms with Gasteiger partial charge in [-0.05, 0) is 0 Å². The maximum absolute atomic E-state index is 11.0. The zero-order chi connectivity index (χ0) is 7.84. The number of halogens is 1. The lowest BCUT2D eigenvalue weighted by atomic mass is 10.5. The van der Waals surface area contributed by atoms with Crippen LogP contribution >= 0.6 is 11.6 Å². The van der Waals surface area contributed by atoms with E-state index in [1.165, 1.54) is 6.33 Å². The van der Waals surface area contributed by atoms with Crippen molar-refractivity contribution in [1.82, 2.24) is 20.2 Å². The normalized spacial score (nSPS) is 10.6. The number of nitrogens with one attached hydrogen (secondary N) is 2. The number of H-pyrrole nitrogens is 2. The first kappa shape index (κ1) is 6.36. The van der Waals surface area contributed by atoms with Gasteiger partial charge in [0.2, 0.25) is 0 Å². The van der Waals surface area contributed by atoms with Crippen LogP contribution in [-0.4, -0.2) is 20.2 Å². The molecule has 11 heavy (non-hydrogen) atoms. The van der Waals surface area contributed by atoms with Gasteiger partial charge >= 0.3 is 0 Å². The maximum Gasteiger partial charge on any atom is 0.279 e. The van der Waals surface area contributed by atoms with E-state index in [0.29, 0.717) is 5.52 Å². The van der Waals surface area contributed by atoms with Crippen molar-refractivity contribution >= 4 is 22.6 Å². The summed E-state index contributed by atoms with van der Waals surface area (Å²) in [4.78, 5) is 17.2. The van der Waals surface area contributed by atoms with E-state index in [4.69, 9.17) is 11.6 Å². The highest BCUT2D eigenvalue weighted by molar-refractivity contribution is 6.33. The molecule has 0 unspecified atom stereocenters. The Morgan fingerprint density at radius 2 is 2.27 bits per heavy atom. The number of aromatic nitrogens is 4. The van der Waals surface area contributed by atoms with Crippen LogP contribution in [-0.2, 0) is 0 Å². The summed E-state index contributed by atoms with van der Waals surface area (Å²) >= 11 is 5.61. The van der Waals surface area contributed by atoms with Crippen molar-refractivity contribution < 1.29 is 0 Å². The molecule has 2 N–H and O–H groups in total. The molecule has 56 valence electrons. The van der Waals surface area contributed by atoms with Gasteiger partial charge in [0.05, 0.1) is 6.33 Å². The number of rotatable bonds is 0. The molecule has 0 spiro atoms. The second kappa shape index (κ2) is 2.06. The van der Waals surface area contributed by atoms with E-state index in [1.807, 2.05) is 0 Å². The number of nitrogens with zero attached hydrogens (tertiary/aromatic N) is 2. The van der Waals surface area contributed by atoms with Crippen molar-refractivity contribution in [3.05, 3.63) is 21.8 Å². The summed E-state index contributed by atoms with van der Waals surface area (Å²) < 4.78 is 0. The van der Waals surface area contributed by atoms with Crippen molar-refractivity contribution in [3.8, 4) is 0 Å². The largest absolute Gasteiger partial charge is 0.311 e. The van der Waals surface area contributed by atoms with Crippen LogP contribution in [0.5, 0.6) is 0 Å². The Kier molecular flexibility index (Phi) is 1.19. The summed E-state index contributed by atoms with van der Waals surface area (Å²) in [6.45, 7) is 0. The predicted molar refractivity (Wildman–Crippen MR) is 39.5 cm³/mol. The molecular weight excluding hydrogens is 168 g/mol. The summed E-state index contributed by atoms with van der Waals surface area (Å²) in [7, 11) is 0. The van der Waals surface area contributed by atoms with Gasteiger partial charge in [0, 0.05) is 0 Å². The summed E-state index contributed by atoms with van der Waals surface area (Å²) in [5, 5.41) is 6.39. The van der Waals surface area contributed by atoms with Crippen molar-refractivity contribution in [1.29, 1.82) is 0 Å². The molecule has 0 aromatic carbocycles. The van der Waals surface area contributed by atoms with Gasteiger partial charge in [-0.2, -0.15) is 5.10 Å². The van der Waals surface area contributed by atoms with Gasteiger partial charge in [-0.25, -0.2) is 4.98 Å². The van der Waals surface area contributed by atoms with Crippen LogP contribution in [0, 0.1) is 0 Å². The minimum absolute atomic E-state index is 0.234. The molecular formula is C5H3ClN4O. The van der Waals surface area contributed by atoms with Crippen molar-refractivity contribution in [2.24, 2.45) is 0 Å². The third-order valence-electron chi connectivity index (χ3n) is 1.30. The molecule has 0 amide bonds. The monoisotopic (exact) mass is 170 g/mol. The first-order chi connectivity index (χ1) is 5.29. The number of hydrogen-bond donors (Lipinski definition) is 2. The Hall–Kier alpha value is -1.36. The molecule has 0 saturated heterocycles. The number of fused-ring (bicyclic) bond motifs is 1. The molecule has 0 bridgehead atoms. The summed E-state index contributed by atoms with van der Waals surface area (Å²) in [5.41, 5.74) is 0.339. The zero-order valence-electron chi connectivity index (χ0n) is 5.26. The average Bonchev–Trinajstić information content (AvgIpc) is 2.35. The Bertz CT molecular complexity index is 445. The third-order valence-corrected chi connectivity index (χ3v) is 1.57. The van der Waals surface area contributed by atoms with Crippen LogP contribution in [0.4, 0.5) is 0 Å². The second-order valence-electron chi connectivity index (χ2n) is 1.97. The molecule has 2 aromatic rings. The van der Waals surface area contributed by atoms with Gasteiger partial charge in [-0.15, -0.1) is 0 Å². The molecule has 0 saturated carbocycles. The summed E-state index contributed by atoms with van der Waals surface area (Å²) in [6, 6.07) is 0. The van der Waals surface area contributed by atoms with E-state index in [9.17, 15) is 4.79 Å².